The molecule has 0 radical (unpaired) electrons. The van der Waals surface area contributed by atoms with Crippen LogP contribution in [-0.4, -0.2) is 44.2 Å². The topological polar surface area (TPSA) is 85.2 Å². The smallest absolute Gasteiger partial charge is 0.191 e. The van der Waals surface area contributed by atoms with Crippen molar-refractivity contribution in [1.29, 1.82) is 0 Å². The molecule has 2 N–H and O–H groups in total. The molecule has 0 spiro atoms. The fourth-order valence-electron chi connectivity index (χ4n) is 2.57. The van der Waals surface area contributed by atoms with E-state index in [9.17, 15) is 0 Å². The van der Waals surface area contributed by atoms with Crippen LogP contribution in [0.5, 0.6) is 0 Å². The van der Waals surface area contributed by atoms with Gasteiger partial charge in [-0.05, 0) is 42.0 Å². The number of guanidine groups is 1. The number of hydrogen-bond donors (Lipinski definition) is 1. The average Bonchev–Trinajstić information content (AvgIpc) is 3.21. The fraction of sp³-hybridized carbons (Fsp3) is 0.846. The first kappa shape index (κ1) is 16.4. The van der Waals surface area contributed by atoms with Gasteiger partial charge in [-0.25, -0.2) is 9.67 Å². The Hall–Kier alpha value is -0.930. The molecular weight excluding hydrogens is 381 g/mol. The number of aliphatic imine (C=N–C) groups is 1. The van der Waals surface area contributed by atoms with Gasteiger partial charge in [0.2, 0.25) is 0 Å². The van der Waals surface area contributed by atoms with E-state index >= 15 is 0 Å². The Labute approximate surface area is 142 Å². The van der Waals surface area contributed by atoms with Crippen LogP contribution in [0.15, 0.2) is 4.99 Å². The lowest BCUT2D eigenvalue weighted by Crippen LogP contribution is -2.38. The van der Waals surface area contributed by atoms with Crippen LogP contribution in [0.1, 0.15) is 44.3 Å². The molecule has 0 unspecified atom stereocenters. The van der Waals surface area contributed by atoms with Crippen molar-refractivity contribution in [3.05, 3.63) is 5.82 Å². The molecule has 1 saturated heterocycles. The second-order valence-corrected chi connectivity index (χ2v) is 5.80. The summed E-state index contributed by atoms with van der Waals surface area (Å²) in [7, 11) is 0. The van der Waals surface area contributed by atoms with Crippen molar-refractivity contribution in [2.75, 3.05) is 13.1 Å². The summed E-state index contributed by atoms with van der Waals surface area (Å²) in [5.41, 5.74) is 6.10. The Morgan fingerprint density at radius 1 is 1.19 bits per heavy atom. The Morgan fingerprint density at radius 2 is 1.90 bits per heavy atom. The second-order valence-electron chi connectivity index (χ2n) is 5.80. The highest BCUT2D eigenvalue weighted by Crippen LogP contribution is 2.30. The van der Waals surface area contributed by atoms with E-state index in [1.807, 2.05) is 4.68 Å². The number of aromatic nitrogens is 4. The number of halogens is 1. The quantitative estimate of drug-likeness (QED) is 0.465. The summed E-state index contributed by atoms with van der Waals surface area (Å²) in [6.45, 7) is 3.42. The van der Waals surface area contributed by atoms with Crippen molar-refractivity contribution < 1.29 is 0 Å². The molecule has 21 heavy (non-hydrogen) atoms. The molecule has 2 heterocycles. The molecule has 118 valence electrons. The highest BCUT2D eigenvalue weighted by molar-refractivity contribution is 14.0. The van der Waals surface area contributed by atoms with Gasteiger partial charge in [-0.3, -0.25) is 0 Å². The van der Waals surface area contributed by atoms with Gasteiger partial charge in [0, 0.05) is 19.6 Å². The first-order valence-corrected chi connectivity index (χ1v) is 7.63. The highest BCUT2D eigenvalue weighted by atomic mass is 127. The molecule has 7 nitrogen and oxygen atoms in total. The van der Waals surface area contributed by atoms with E-state index < -0.39 is 0 Å². The minimum Gasteiger partial charge on any atom is -0.370 e. The van der Waals surface area contributed by atoms with Gasteiger partial charge in [0.25, 0.3) is 0 Å². The van der Waals surface area contributed by atoms with Crippen molar-refractivity contribution in [3.63, 3.8) is 0 Å². The molecule has 1 aliphatic heterocycles. The van der Waals surface area contributed by atoms with Gasteiger partial charge in [0.05, 0.1) is 0 Å². The SMILES string of the molecule is I.NC(=NCc1nnnn1CC1CC1)N1CCCCCC1. The lowest BCUT2D eigenvalue weighted by Gasteiger charge is -2.20. The summed E-state index contributed by atoms with van der Waals surface area (Å²) in [6, 6.07) is 0. The minimum atomic E-state index is 0. The second kappa shape index (κ2) is 7.90. The average molecular weight is 405 g/mol. The molecule has 2 fully saturated rings. The maximum absolute atomic E-state index is 6.10. The van der Waals surface area contributed by atoms with Crippen molar-refractivity contribution >= 4 is 29.9 Å². The number of rotatable bonds is 4. The molecule has 1 aromatic rings. The van der Waals surface area contributed by atoms with E-state index in [0.717, 1.165) is 31.4 Å². The maximum Gasteiger partial charge on any atom is 0.191 e. The molecule has 0 amide bonds. The van der Waals surface area contributed by atoms with Crippen molar-refractivity contribution in [2.24, 2.45) is 16.6 Å². The van der Waals surface area contributed by atoms with Crippen LogP contribution < -0.4 is 5.73 Å². The third-order valence-electron chi connectivity index (χ3n) is 4.05. The number of likely N-dealkylation sites (tertiary alicyclic amines) is 1. The van der Waals surface area contributed by atoms with Crippen LogP contribution in [0.3, 0.4) is 0 Å². The first-order chi connectivity index (χ1) is 9.83. The number of tetrazole rings is 1. The Balaban J connectivity index is 0.00000161. The molecule has 3 rings (SSSR count). The zero-order chi connectivity index (χ0) is 13.8. The van der Waals surface area contributed by atoms with Crippen molar-refractivity contribution in [1.82, 2.24) is 25.1 Å². The predicted molar refractivity (Wildman–Crippen MR) is 91.3 cm³/mol. The third-order valence-corrected chi connectivity index (χ3v) is 4.05. The van der Waals surface area contributed by atoms with E-state index in [4.69, 9.17) is 5.73 Å². The highest BCUT2D eigenvalue weighted by Gasteiger charge is 2.23. The fourth-order valence-corrected chi connectivity index (χ4v) is 2.57. The zero-order valence-electron chi connectivity index (χ0n) is 12.3. The van der Waals surface area contributed by atoms with Crippen LogP contribution in [0.2, 0.25) is 0 Å². The molecule has 0 atom stereocenters. The van der Waals surface area contributed by atoms with Gasteiger partial charge in [-0.15, -0.1) is 29.1 Å². The normalized spacial score (nSPS) is 20.0. The predicted octanol–water partition coefficient (Wildman–Crippen LogP) is 1.39. The van der Waals surface area contributed by atoms with E-state index in [2.05, 4.69) is 25.4 Å². The van der Waals surface area contributed by atoms with Gasteiger partial charge in [-0.1, -0.05) is 12.8 Å². The van der Waals surface area contributed by atoms with Crippen LogP contribution in [-0.2, 0) is 13.1 Å². The Kier molecular flexibility index (Phi) is 6.19. The summed E-state index contributed by atoms with van der Waals surface area (Å²) in [5, 5.41) is 11.8. The van der Waals surface area contributed by atoms with Crippen LogP contribution in [0.25, 0.3) is 0 Å². The molecule has 2 aliphatic rings. The maximum atomic E-state index is 6.10. The largest absolute Gasteiger partial charge is 0.370 e. The summed E-state index contributed by atoms with van der Waals surface area (Å²) in [6.07, 6.45) is 7.58. The molecule has 1 aliphatic carbocycles. The summed E-state index contributed by atoms with van der Waals surface area (Å²) < 4.78 is 1.87. The molecule has 0 aromatic carbocycles. The molecule has 0 bridgehead atoms. The minimum absolute atomic E-state index is 0. The Bertz CT molecular complexity index is 461. The van der Waals surface area contributed by atoms with Gasteiger partial charge >= 0.3 is 0 Å². The molecule has 1 saturated carbocycles. The van der Waals surface area contributed by atoms with E-state index in [0.29, 0.717) is 12.5 Å². The summed E-state index contributed by atoms with van der Waals surface area (Å²) in [4.78, 5) is 6.66. The molecule has 8 heteroatoms. The number of hydrogen-bond acceptors (Lipinski definition) is 4. The van der Waals surface area contributed by atoms with Crippen LogP contribution in [0, 0.1) is 5.92 Å². The summed E-state index contributed by atoms with van der Waals surface area (Å²) in [5.74, 6) is 2.20. The number of nitrogens with zero attached hydrogens (tertiary/aromatic N) is 6. The lowest BCUT2D eigenvalue weighted by atomic mass is 10.2. The van der Waals surface area contributed by atoms with E-state index in [1.165, 1.54) is 38.5 Å². The summed E-state index contributed by atoms with van der Waals surface area (Å²) >= 11 is 0. The van der Waals surface area contributed by atoms with Crippen molar-refractivity contribution in [3.8, 4) is 0 Å². The van der Waals surface area contributed by atoms with E-state index in [-0.39, 0.29) is 24.0 Å². The van der Waals surface area contributed by atoms with Gasteiger partial charge in [0.15, 0.2) is 11.8 Å². The van der Waals surface area contributed by atoms with Crippen LogP contribution in [0.4, 0.5) is 0 Å². The monoisotopic (exact) mass is 405 g/mol. The zero-order valence-corrected chi connectivity index (χ0v) is 14.6. The third kappa shape index (κ3) is 4.79. The lowest BCUT2D eigenvalue weighted by molar-refractivity contribution is 0.427. The molecule has 1 aromatic heterocycles. The number of nitrogens with two attached hydrogens (primary N) is 1. The van der Waals surface area contributed by atoms with Crippen LogP contribution >= 0.6 is 24.0 Å². The Morgan fingerprint density at radius 3 is 2.57 bits per heavy atom. The standard InChI is InChI=1S/C13H23N7.HI/c14-13(19-7-3-1-2-4-8-19)15-9-12-16-17-18-20(12)10-11-5-6-11;/h11H,1-10H2,(H2,14,15);1H. The van der Waals surface area contributed by atoms with Gasteiger partial charge < -0.3 is 10.6 Å². The van der Waals surface area contributed by atoms with Gasteiger partial charge in [0.1, 0.15) is 6.54 Å². The van der Waals surface area contributed by atoms with Gasteiger partial charge in [-0.2, -0.15) is 0 Å². The molecular formula is C13H24IN7. The van der Waals surface area contributed by atoms with E-state index in [1.54, 1.807) is 0 Å². The first-order valence-electron chi connectivity index (χ1n) is 7.63. The van der Waals surface area contributed by atoms with Crippen molar-refractivity contribution in [2.45, 2.75) is 51.6 Å².